The second kappa shape index (κ2) is 11.4. The first-order valence-corrected chi connectivity index (χ1v) is 10.2. The number of halogens is 1. The van der Waals surface area contributed by atoms with Gasteiger partial charge in [-0.2, -0.15) is 0 Å². The summed E-state index contributed by atoms with van der Waals surface area (Å²) in [5.41, 5.74) is 0.126. The van der Waals surface area contributed by atoms with Crippen LogP contribution in [0, 0.1) is 11.3 Å². The highest BCUT2D eigenvalue weighted by Crippen LogP contribution is 2.43. The van der Waals surface area contributed by atoms with E-state index in [1.165, 1.54) is 6.42 Å². The van der Waals surface area contributed by atoms with Gasteiger partial charge in [0.05, 0.1) is 6.10 Å². The normalized spacial score (nSPS) is 25.4. The van der Waals surface area contributed by atoms with E-state index in [4.69, 9.17) is 4.74 Å². The predicted octanol–water partition coefficient (Wildman–Crippen LogP) is 3.01. The highest BCUT2D eigenvalue weighted by atomic mass is 127. The quantitative estimate of drug-likeness (QED) is 0.247. The van der Waals surface area contributed by atoms with E-state index in [1.807, 2.05) is 7.05 Å². The summed E-state index contributed by atoms with van der Waals surface area (Å²) in [7, 11) is 3.57. The zero-order chi connectivity index (χ0) is 19.2. The topological polar surface area (TPSA) is 66.0 Å². The van der Waals surface area contributed by atoms with Gasteiger partial charge in [-0.3, -0.25) is 9.79 Å². The third-order valence-electron chi connectivity index (χ3n) is 6.18. The Kier molecular flexibility index (Phi) is 10.4. The molecule has 1 saturated carbocycles. The van der Waals surface area contributed by atoms with Crippen LogP contribution in [0.5, 0.6) is 0 Å². The summed E-state index contributed by atoms with van der Waals surface area (Å²) in [6.45, 7) is 9.56. The van der Waals surface area contributed by atoms with E-state index in [-0.39, 0.29) is 35.3 Å². The second-order valence-electron chi connectivity index (χ2n) is 8.32. The molecule has 2 aliphatic rings. The van der Waals surface area contributed by atoms with E-state index in [2.05, 4.69) is 41.3 Å². The smallest absolute Gasteiger partial charge is 0.220 e. The van der Waals surface area contributed by atoms with E-state index >= 15 is 0 Å². The predicted molar refractivity (Wildman–Crippen MR) is 122 cm³/mol. The lowest BCUT2D eigenvalue weighted by Crippen LogP contribution is -2.64. The fourth-order valence-corrected chi connectivity index (χ4v) is 3.95. The summed E-state index contributed by atoms with van der Waals surface area (Å²) >= 11 is 0. The Morgan fingerprint density at radius 1 is 1.30 bits per heavy atom. The molecule has 2 unspecified atom stereocenters. The molecule has 6 nitrogen and oxygen atoms in total. The molecule has 0 aromatic carbocycles. The molecule has 1 heterocycles. The van der Waals surface area contributed by atoms with Crippen molar-refractivity contribution < 1.29 is 9.53 Å². The maximum atomic E-state index is 11.6. The van der Waals surface area contributed by atoms with Crippen LogP contribution in [0.2, 0.25) is 0 Å². The van der Waals surface area contributed by atoms with Crippen molar-refractivity contribution in [2.75, 3.05) is 33.8 Å². The van der Waals surface area contributed by atoms with Gasteiger partial charge in [0.1, 0.15) is 0 Å². The van der Waals surface area contributed by atoms with Crippen molar-refractivity contribution in [1.29, 1.82) is 0 Å². The average Bonchev–Trinajstić information content (AvgIpc) is 2.64. The Bertz CT molecular complexity index is 490. The van der Waals surface area contributed by atoms with E-state index in [1.54, 1.807) is 7.05 Å². The van der Waals surface area contributed by atoms with Crippen molar-refractivity contribution in [3.8, 4) is 0 Å². The molecular weight excluding hydrogens is 455 g/mol. The van der Waals surface area contributed by atoms with Gasteiger partial charge in [0.15, 0.2) is 5.96 Å². The van der Waals surface area contributed by atoms with Gasteiger partial charge in [0, 0.05) is 51.7 Å². The lowest BCUT2D eigenvalue weighted by Gasteiger charge is -2.52. The van der Waals surface area contributed by atoms with Gasteiger partial charge in [-0.1, -0.05) is 27.2 Å². The first-order valence-electron chi connectivity index (χ1n) is 10.2. The number of nitrogens with zero attached hydrogens (tertiary/aromatic N) is 2. The van der Waals surface area contributed by atoms with Crippen LogP contribution in [0.1, 0.15) is 59.3 Å². The van der Waals surface area contributed by atoms with Crippen LogP contribution in [0.4, 0.5) is 0 Å². The molecule has 2 fully saturated rings. The number of unbranched alkanes of at least 4 members (excludes halogenated alkanes) is 1. The molecule has 2 atom stereocenters. The highest BCUT2D eigenvalue weighted by Gasteiger charge is 2.49. The molecule has 1 aliphatic carbocycles. The fraction of sp³-hybridized carbons (Fsp3) is 0.900. The number of guanidine groups is 1. The Morgan fingerprint density at radius 2 is 1.96 bits per heavy atom. The van der Waals surface area contributed by atoms with Crippen LogP contribution >= 0.6 is 24.0 Å². The third kappa shape index (κ3) is 6.48. The number of likely N-dealkylation sites (tertiary alicyclic amines) is 1. The van der Waals surface area contributed by atoms with Crippen LogP contribution in [-0.4, -0.2) is 62.7 Å². The Labute approximate surface area is 182 Å². The molecule has 0 aromatic rings. The molecule has 0 spiro atoms. The maximum Gasteiger partial charge on any atom is 0.220 e. The molecule has 1 saturated heterocycles. The number of amides is 1. The number of ether oxygens (including phenoxy) is 1. The van der Waals surface area contributed by atoms with Crippen molar-refractivity contribution in [2.45, 2.75) is 71.4 Å². The minimum atomic E-state index is 0. The largest absolute Gasteiger partial charge is 0.378 e. The van der Waals surface area contributed by atoms with Crippen molar-refractivity contribution >= 4 is 35.8 Å². The molecule has 2 N–H and O–H groups in total. The third-order valence-corrected chi connectivity index (χ3v) is 6.18. The lowest BCUT2D eigenvalue weighted by atomic mass is 9.64. The molecule has 7 heteroatoms. The van der Waals surface area contributed by atoms with E-state index < -0.39 is 0 Å². The molecular formula is C20H39IN4O2. The number of hydrogen-bond acceptors (Lipinski definition) is 3. The number of rotatable bonds is 7. The number of piperidine rings is 1. The molecule has 1 amide bonds. The summed E-state index contributed by atoms with van der Waals surface area (Å²) in [6, 6.07) is 0.399. The summed E-state index contributed by atoms with van der Waals surface area (Å²) < 4.78 is 6.05. The Balaban J connectivity index is 0.00000364. The summed E-state index contributed by atoms with van der Waals surface area (Å²) in [5, 5.41) is 6.40. The van der Waals surface area contributed by atoms with Crippen molar-refractivity contribution in [3.05, 3.63) is 0 Å². The average molecular weight is 494 g/mol. The second-order valence-corrected chi connectivity index (χ2v) is 8.32. The Hall–Kier alpha value is -0.570. The zero-order valence-corrected chi connectivity index (χ0v) is 20.0. The molecule has 2 rings (SSSR count). The molecule has 0 aromatic heterocycles. The van der Waals surface area contributed by atoms with E-state index in [0.29, 0.717) is 24.5 Å². The van der Waals surface area contributed by atoms with Gasteiger partial charge < -0.3 is 20.3 Å². The molecule has 0 bridgehead atoms. The van der Waals surface area contributed by atoms with Crippen LogP contribution in [-0.2, 0) is 9.53 Å². The van der Waals surface area contributed by atoms with Crippen molar-refractivity contribution in [3.63, 3.8) is 0 Å². The van der Waals surface area contributed by atoms with Gasteiger partial charge in [0.25, 0.3) is 0 Å². The Morgan fingerprint density at radius 3 is 2.48 bits per heavy atom. The van der Waals surface area contributed by atoms with Crippen LogP contribution in [0.25, 0.3) is 0 Å². The van der Waals surface area contributed by atoms with Gasteiger partial charge in [-0.15, -0.1) is 24.0 Å². The number of carbonyl (C=O) groups is 1. The minimum absolute atomic E-state index is 0. The minimum Gasteiger partial charge on any atom is -0.378 e. The van der Waals surface area contributed by atoms with Crippen LogP contribution in [0.15, 0.2) is 4.99 Å². The zero-order valence-electron chi connectivity index (χ0n) is 17.7. The first kappa shape index (κ1) is 24.5. The summed E-state index contributed by atoms with van der Waals surface area (Å²) in [6.07, 6.45) is 6.43. The monoisotopic (exact) mass is 494 g/mol. The molecule has 0 radical (unpaired) electrons. The first-order chi connectivity index (χ1) is 12.4. The molecule has 158 valence electrons. The van der Waals surface area contributed by atoms with E-state index in [0.717, 1.165) is 51.3 Å². The standard InChI is InChI=1S/C20H38N4O2.HI/c1-6-7-12-26-17-14-16(20(17,2)3)23-19(22-5)24-10-8-15(9-11-24)13-18(25)21-4;/h15-17H,6-14H2,1-5H3,(H,21,25)(H,22,23);1H. The van der Waals surface area contributed by atoms with Gasteiger partial charge in [-0.25, -0.2) is 0 Å². The molecule has 1 aliphatic heterocycles. The fourth-order valence-electron chi connectivity index (χ4n) is 3.95. The van der Waals surface area contributed by atoms with Crippen LogP contribution in [0.3, 0.4) is 0 Å². The van der Waals surface area contributed by atoms with Gasteiger partial charge in [0.2, 0.25) is 5.91 Å². The maximum absolute atomic E-state index is 11.6. The number of aliphatic imine (C=N–C) groups is 1. The number of carbonyl (C=O) groups excluding carboxylic acids is 1. The van der Waals surface area contributed by atoms with Crippen LogP contribution < -0.4 is 10.6 Å². The summed E-state index contributed by atoms with van der Waals surface area (Å²) in [5.74, 6) is 1.63. The lowest BCUT2D eigenvalue weighted by molar-refractivity contribution is -0.121. The highest BCUT2D eigenvalue weighted by molar-refractivity contribution is 14.0. The molecule has 27 heavy (non-hydrogen) atoms. The van der Waals surface area contributed by atoms with Gasteiger partial charge >= 0.3 is 0 Å². The van der Waals surface area contributed by atoms with Crippen molar-refractivity contribution in [1.82, 2.24) is 15.5 Å². The number of nitrogens with one attached hydrogen (secondary N) is 2. The van der Waals surface area contributed by atoms with E-state index in [9.17, 15) is 4.79 Å². The number of hydrogen-bond donors (Lipinski definition) is 2. The van der Waals surface area contributed by atoms with Gasteiger partial charge in [-0.05, 0) is 31.6 Å². The summed E-state index contributed by atoms with van der Waals surface area (Å²) in [4.78, 5) is 18.4. The SMILES string of the molecule is CCCCOC1CC(NC(=NC)N2CCC(CC(=O)NC)CC2)C1(C)C.I. The van der Waals surface area contributed by atoms with Crippen molar-refractivity contribution in [2.24, 2.45) is 16.3 Å².